The summed E-state index contributed by atoms with van der Waals surface area (Å²) in [7, 11) is -2.47. The van der Waals surface area contributed by atoms with E-state index in [4.69, 9.17) is 4.74 Å². The van der Waals surface area contributed by atoms with E-state index in [2.05, 4.69) is 10.0 Å². The quantitative estimate of drug-likeness (QED) is 0.526. The van der Waals surface area contributed by atoms with Crippen molar-refractivity contribution in [1.29, 1.82) is 0 Å². The summed E-state index contributed by atoms with van der Waals surface area (Å²) >= 11 is 1.07. The summed E-state index contributed by atoms with van der Waals surface area (Å²) in [4.78, 5) is 26.7. The van der Waals surface area contributed by atoms with E-state index in [0.717, 1.165) is 21.8 Å². The standard InChI is InChI=1S/C23H31N3O6S2/c1-23(2,3)24-22(29)26-13-11-16(12-14-26)20(21(27)28)25-34(30,31)19-10-9-18(33-19)15-5-7-17(32-4)8-6-15/h5-10,16,20,25H,11-14H2,1-4H3,(H,24,29)(H,27,28)/t20-/m1/s1. The maximum atomic E-state index is 13.0. The highest BCUT2D eigenvalue weighted by Gasteiger charge is 2.36. The summed E-state index contributed by atoms with van der Waals surface area (Å²) in [6.07, 6.45) is 0.775. The van der Waals surface area contributed by atoms with Gasteiger partial charge in [-0.15, -0.1) is 11.3 Å². The molecule has 1 aromatic heterocycles. The average molecular weight is 510 g/mol. The molecule has 3 N–H and O–H groups in total. The molecule has 1 aliphatic heterocycles. The molecular formula is C23H31N3O6S2. The number of nitrogens with one attached hydrogen (secondary N) is 2. The second kappa shape index (κ2) is 10.3. The van der Waals surface area contributed by atoms with Gasteiger partial charge >= 0.3 is 12.0 Å². The van der Waals surface area contributed by atoms with Crippen molar-refractivity contribution in [2.24, 2.45) is 5.92 Å². The SMILES string of the molecule is COc1ccc(-c2ccc(S(=O)(=O)N[C@@H](C(=O)O)C3CCN(C(=O)NC(C)(C)C)CC3)s2)cc1. The van der Waals surface area contributed by atoms with Crippen LogP contribution in [0.3, 0.4) is 0 Å². The number of nitrogens with zero attached hydrogens (tertiary/aromatic N) is 1. The molecule has 0 spiro atoms. The summed E-state index contributed by atoms with van der Waals surface area (Å²) in [5.41, 5.74) is 0.460. The van der Waals surface area contributed by atoms with Crippen molar-refractivity contribution in [2.75, 3.05) is 20.2 Å². The highest BCUT2D eigenvalue weighted by molar-refractivity contribution is 7.91. The summed E-state index contributed by atoms with van der Waals surface area (Å²) in [6.45, 7) is 6.38. The number of carboxylic acids is 1. The third-order valence-corrected chi connectivity index (χ3v) is 8.62. The third kappa shape index (κ3) is 6.49. The number of benzene rings is 1. The van der Waals surface area contributed by atoms with Gasteiger partial charge in [-0.2, -0.15) is 4.72 Å². The third-order valence-electron chi connectivity index (χ3n) is 5.55. The number of hydrogen-bond donors (Lipinski definition) is 3. The highest BCUT2D eigenvalue weighted by atomic mass is 32.2. The first-order chi connectivity index (χ1) is 15.9. The molecule has 1 aliphatic rings. The molecular weight excluding hydrogens is 478 g/mol. The Morgan fingerprint density at radius 1 is 1.12 bits per heavy atom. The first-order valence-corrected chi connectivity index (χ1v) is 13.3. The molecule has 1 saturated heterocycles. The Labute approximate surface area is 204 Å². The van der Waals surface area contributed by atoms with Gasteiger partial charge in [0, 0.05) is 23.5 Å². The minimum atomic E-state index is -4.04. The Balaban J connectivity index is 1.68. The number of hydrogen-bond acceptors (Lipinski definition) is 6. The van der Waals surface area contributed by atoms with E-state index in [1.165, 1.54) is 6.07 Å². The minimum absolute atomic E-state index is 0.0477. The lowest BCUT2D eigenvalue weighted by atomic mass is 9.90. The monoisotopic (exact) mass is 509 g/mol. The molecule has 1 atom stereocenters. The smallest absolute Gasteiger partial charge is 0.322 e. The number of likely N-dealkylation sites (tertiary alicyclic amines) is 1. The van der Waals surface area contributed by atoms with Gasteiger partial charge in [0.25, 0.3) is 10.0 Å². The molecule has 34 heavy (non-hydrogen) atoms. The normalized spacial score (nSPS) is 16.2. The van der Waals surface area contributed by atoms with Crippen LogP contribution >= 0.6 is 11.3 Å². The molecule has 0 saturated carbocycles. The van der Waals surface area contributed by atoms with Crippen LogP contribution in [0.5, 0.6) is 5.75 Å². The van der Waals surface area contributed by atoms with Gasteiger partial charge in [-0.05, 0) is 81.5 Å². The van der Waals surface area contributed by atoms with Crippen molar-refractivity contribution in [2.45, 2.75) is 49.4 Å². The Hall–Kier alpha value is -2.63. The number of rotatable bonds is 7. The van der Waals surface area contributed by atoms with Crippen molar-refractivity contribution in [3.63, 3.8) is 0 Å². The molecule has 186 valence electrons. The van der Waals surface area contributed by atoms with E-state index >= 15 is 0 Å². The van der Waals surface area contributed by atoms with Gasteiger partial charge < -0.3 is 20.1 Å². The van der Waals surface area contributed by atoms with Gasteiger partial charge in [0.2, 0.25) is 0 Å². The number of carbonyl (C=O) groups excluding carboxylic acids is 1. The van der Waals surface area contributed by atoms with Gasteiger partial charge in [0.15, 0.2) is 0 Å². The van der Waals surface area contributed by atoms with E-state index in [1.807, 2.05) is 32.9 Å². The van der Waals surface area contributed by atoms with Gasteiger partial charge in [0.1, 0.15) is 16.0 Å². The van der Waals surface area contributed by atoms with E-state index in [-0.39, 0.29) is 15.8 Å². The van der Waals surface area contributed by atoms with Crippen LogP contribution in [-0.2, 0) is 14.8 Å². The predicted molar refractivity (Wildman–Crippen MR) is 131 cm³/mol. The number of carbonyl (C=O) groups is 2. The first-order valence-electron chi connectivity index (χ1n) is 11.0. The number of ether oxygens (including phenoxy) is 1. The number of urea groups is 1. The van der Waals surface area contributed by atoms with Crippen LogP contribution in [0.15, 0.2) is 40.6 Å². The first kappa shape index (κ1) is 26.0. The van der Waals surface area contributed by atoms with Crippen molar-refractivity contribution < 1.29 is 27.9 Å². The molecule has 9 nitrogen and oxygen atoms in total. The second-order valence-electron chi connectivity index (χ2n) is 9.29. The van der Waals surface area contributed by atoms with Gasteiger partial charge in [-0.25, -0.2) is 13.2 Å². The van der Waals surface area contributed by atoms with Crippen LogP contribution in [0.25, 0.3) is 10.4 Å². The fourth-order valence-corrected chi connectivity index (χ4v) is 6.37. The number of amides is 2. The van der Waals surface area contributed by atoms with Crippen molar-refractivity contribution in [3.05, 3.63) is 36.4 Å². The lowest BCUT2D eigenvalue weighted by molar-refractivity contribution is -0.140. The van der Waals surface area contributed by atoms with Crippen LogP contribution < -0.4 is 14.8 Å². The van der Waals surface area contributed by atoms with E-state index in [9.17, 15) is 23.1 Å². The van der Waals surface area contributed by atoms with Crippen LogP contribution in [0, 0.1) is 5.92 Å². The second-order valence-corrected chi connectivity index (χ2v) is 12.3. The molecule has 3 rings (SSSR count). The van der Waals surface area contributed by atoms with E-state index in [1.54, 1.807) is 30.2 Å². The number of piperidine rings is 1. The zero-order chi connectivity index (χ0) is 25.1. The molecule has 2 aromatic rings. The fraction of sp³-hybridized carbons (Fsp3) is 0.478. The number of sulfonamides is 1. The topological polar surface area (TPSA) is 125 Å². The molecule has 0 aliphatic carbocycles. The highest BCUT2D eigenvalue weighted by Crippen LogP contribution is 2.32. The number of carboxylic acid groups (broad SMARTS) is 1. The lowest BCUT2D eigenvalue weighted by Crippen LogP contribution is -2.53. The molecule has 2 heterocycles. The fourth-order valence-electron chi connectivity index (χ4n) is 3.78. The maximum Gasteiger partial charge on any atom is 0.322 e. The van der Waals surface area contributed by atoms with Crippen LogP contribution in [0.4, 0.5) is 4.79 Å². The lowest BCUT2D eigenvalue weighted by Gasteiger charge is -2.36. The zero-order valence-electron chi connectivity index (χ0n) is 19.7. The van der Waals surface area contributed by atoms with Gasteiger partial charge in [-0.3, -0.25) is 4.79 Å². The minimum Gasteiger partial charge on any atom is -0.497 e. The van der Waals surface area contributed by atoms with Gasteiger partial charge in [0.05, 0.1) is 7.11 Å². The Morgan fingerprint density at radius 2 is 1.74 bits per heavy atom. The Bertz CT molecular complexity index is 1110. The molecule has 0 radical (unpaired) electrons. The van der Waals surface area contributed by atoms with Crippen LogP contribution in [0.2, 0.25) is 0 Å². The summed E-state index contributed by atoms with van der Waals surface area (Å²) < 4.78 is 33.6. The summed E-state index contributed by atoms with van der Waals surface area (Å²) in [5, 5.41) is 12.7. The molecule has 1 aromatic carbocycles. The van der Waals surface area contributed by atoms with Crippen LogP contribution in [-0.4, -0.2) is 62.2 Å². The molecule has 0 unspecified atom stereocenters. The number of thiophene rings is 1. The van der Waals surface area contributed by atoms with E-state index in [0.29, 0.717) is 31.7 Å². The predicted octanol–water partition coefficient (Wildman–Crippen LogP) is 3.38. The van der Waals surface area contributed by atoms with Gasteiger partial charge in [-0.1, -0.05) is 0 Å². The van der Waals surface area contributed by atoms with Crippen molar-refractivity contribution >= 4 is 33.4 Å². The number of methoxy groups -OCH3 is 1. The summed E-state index contributed by atoms with van der Waals surface area (Å²) in [5.74, 6) is -0.957. The molecule has 1 fully saturated rings. The Kier molecular flexibility index (Phi) is 7.89. The zero-order valence-corrected chi connectivity index (χ0v) is 21.3. The number of aliphatic carboxylic acids is 1. The largest absolute Gasteiger partial charge is 0.497 e. The molecule has 11 heteroatoms. The van der Waals surface area contributed by atoms with E-state index < -0.39 is 28.0 Å². The van der Waals surface area contributed by atoms with Crippen molar-refractivity contribution in [3.8, 4) is 16.2 Å². The average Bonchev–Trinajstić information content (AvgIpc) is 3.28. The van der Waals surface area contributed by atoms with Crippen molar-refractivity contribution in [1.82, 2.24) is 14.9 Å². The molecule has 2 amide bonds. The summed E-state index contributed by atoms with van der Waals surface area (Å²) in [6, 6.07) is 8.93. The maximum absolute atomic E-state index is 13.0. The van der Waals surface area contributed by atoms with Crippen LogP contribution in [0.1, 0.15) is 33.6 Å². The molecule has 0 bridgehead atoms. The Morgan fingerprint density at radius 3 is 2.26 bits per heavy atom.